The van der Waals surface area contributed by atoms with Gasteiger partial charge in [0.25, 0.3) is 5.91 Å². The van der Waals surface area contributed by atoms with Crippen LogP contribution in [0.15, 0.2) is 5.51 Å². The van der Waals surface area contributed by atoms with E-state index in [9.17, 15) is 4.79 Å². The highest BCUT2D eigenvalue weighted by molar-refractivity contribution is 7.11. The summed E-state index contributed by atoms with van der Waals surface area (Å²) in [6, 6.07) is -0.195. The van der Waals surface area contributed by atoms with E-state index in [-0.39, 0.29) is 24.5 Å². The first-order valence-electron chi connectivity index (χ1n) is 4.88. The predicted molar refractivity (Wildman–Crippen MR) is 60.0 cm³/mol. The van der Waals surface area contributed by atoms with Crippen molar-refractivity contribution >= 4 is 17.2 Å². The number of aryl methyl sites for hydroxylation is 1. The third kappa shape index (κ3) is 3.00. The fourth-order valence-corrected chi connectivity index (χ4v) is 1.88. The van der Waals surface area contributed by atoms with Crippen LogP contribution in [0.4, 0.5) is 0 Å². The molecule has 0 aliphatic rings. The van der Waals surface area contributed by atoms with E-state index in [1.54, 1.807) is 12.4 Å². The van der Waals surface area contributed by atoms with Crippen LogP contribution >= 0.6 is 11.3 Å². The Morgan fingerprint density at radius 3 is 2.73 bits per heavy atom. The van der Waals surface area contributed by atoms with E-state index < -0.39 is 0 Å². The lowest BCUT2D eigenvalue weighted by Crippen LogP contribution is -2.41. The molecular weight excluding hydrogens is 212 g/mol. The van der Waals surface area contributed by atoms with Gasteiger partial charge in [-0.15, -0.1) is 11.3 Å². The van der Waals surface area contributed by atoms with E-state index in [1.807, 2.05) is 13.8 Å². The molecule has 84 valence electrons. The van der Waals surface area contributed by atoms with Crippen LogP contribution in [0.2, 0.25) is 0 Å². The van der Waals surface area contributed by atoms with Gasteiger partial charge in [-0.3, -0.25) is 4.79 Å². The molecule has 0 bridgehead atoms. The molecule has 1 aromatic rings. The summed E-state index contributed by atoms with van der Waals surface area (Å²) in [5.74, 6) is 0.0647. The Morgan fingerprint density at radius 2 is 2.33 bits per heavy atom. The molecule has 5 heteroatoms. The second-order valence-corrected chi connectivity index (χ2v) is 4.63. The molecule has 0 saturated carbocycles. The van der Waals surface area contributed by atoms with Crippen LogP contribution in [0, 0.1) is 12.8 Å². The van der Waals surface area contributed by atoms with E-state index in [0.717, 1.165) is 5.69 Å². The van der Waals surface area contributed by atoms with E-state index in [0.29, 0.717) is 4.88 Å². The molecule has 1 unspecified atom stereocenters. The Hall–Kier alpha value is -0.940. The number of rotatable bonds is 4. The van der Waals surface area contributed by atoms with E-state index >= 15 is 0 Å². The molecule has 0 aliphatic heterocycles. The highest BCUT2D eigenvalue weighted by Gasteiger charge is 2.18. The van der Waals surface area contributed by atoms with Gasteiger partial charge in [0.1, 0.15) is 4.88 Å². The topological polar surface area (TPSA) is 62.2 Å². The number of aliphatic hydroxyl groups is 1. The number of carbonyl (C=O) groups excluding carboxylic acids is 1. The largest absolute Gasteiger partial charge is 0.394 e. The Balaban J connectivity index is 2.67. The van der Waals surface area contributed by atoms with Crippen LogP contribution in [-0.2, 0) is 0 Å². The van der Waals surface area contributed by atoms with Crippen LogP contribution in [0.25, 0.3) is 0 Å². The molecule has 0 spiro atoms. The quantitative estimate of drug-likeness (QED) is 0.814. The van der Waals surface area contributed by atoms with Crippen molar-refractivity contribution in [1.29, 1.82) is 0 Å². The molecule has 0 radical (unpaired) electrons. The molecule has 1 rings (SSSR count). The highest BCUT2D eigenvalue weighted by atomic mass is 32.1. The molecule has 4 nitrogen and oxygen atoms in total. The normalized spacial score (nSPS) is 12.9. The predicted octanol–water partition coefficient (Wildman–Crippen LogP) is 1.20. The minimum atomic E-state index is -0.195. The average Bonchev–Trinajstić information content (AvgIpc) is 2.60. The van der Waals surface area contributed by atoms with Crippen molar-refractivity contribution in [3.63, 3.8) is 0 Å². The molecule has 0 aromatic carbocycles. The van der Waals surface area contributed by atoms with Crippen LogP contribution in [0.1, 0.15) is 29.2 Å². The van der Waals surface area contributed by atoms with Crippen molar-refractivity contribution in [1.82, 2.24) is 10.3 Å². The number of aromatic nitrogens is 1. The van der Waals surface area contributed by atoms with Crippen LogP contribution in [0.5, 0.6) is 0 Å². The van der Waals surface area contributed by atoms with Gasteiger partial charge in [-0.1, -0.05) is 13.8 Å². The number of nitrogens with one attached hydrogen (secondary N) is 1. The lowest BCUT2D eigenvalue weighted by atomic mass is 10.1. The minimum absolute atomic E-state index is 0.0404. The molecule has 15 heavy (non-hydrogen) atoms. The van der Waals surface area contributed by atoms with Crippen LogP contribution < -0.4 is 5.32 Å². The maximum absolute atomic E-state index is 11.7. The van der Waals surface area contributed by atoms with Gasteiger partial charge in [-0.05, 0) is 12.8 Å². The Labute approximate surface area is 93.4 Å². The standard InChI is InChI=1S/C10H16N2O2S/c1-6(2)8(4-13)12-10(14)9-7(3)11-5-15-9/h5-6,8,13H,4H2,1-3H3,(H,12,14). The number of hydrogen-bond acceptors (Lipinski definition) is 4. The molecular formula is C10H16N2O2S. The first-order chi connectivity index (χ1) is 7.06. The number of aliphatic hydroxyl groups excluding tert-OH is 1. The van der Waals surface area contributed by atoms with E-state index in [4.69, 9.17) is 5.11 Å². The fourth-order valence-electron chi connectivity index (χ4n) is 1.18. The SMILES string of the molecule is Cc1ncsc1C(=O)NC(CO)C(C)C. The summed E-state index contributed by atoms with van der Waals surface area (Å²) < 4.78 is 0. The van der Waals surface area contributed by atoms with Crippen molar-refractivity contribution in [2.75, 3.05) is 6.61 Å². The third-order valence-electron chi connectivity index (χ3n) is 2.27. The lowest BCUT2D eigenvalue weighted by molar-refractivity contribution is 0.0900. The van der Waals surface area contributed by atoms with Gasteiger partial charge in [-0.25, -0.2) is 4.98 Å². The number of nitrogens with zero attached hydrogens (tertiary/aromatic N) is 1. The number of amides is 1. The van der Waals surface area contributed by atoms with Gasteiger partial charge in [0.05, 0.1) is 23.9 Å². The van der Waals surface area contributed by atoms with Crippen molar-refractivity contribution in [3.8, 4) is 0 Å². The summed E-state index contributed by atoms with van der Waals surface area (Å²) in [7, 11) is 0. The van der Waals surface area contributed by atoms with Crippen molar-refractivity contribution in [3.05, 3.63) is 16.1 Å². The number of carbonyl (C=O) groups is 1. The second kappa shape index (κ2) is 5.23. The number of thiazole rings is 1. The second-order valence-electron chi connectivity index (χ2n) is 3.77. The summed E-state index contributed by atoms with van der Waals surface area (Å²) >= 11 is 1.32. The maximum atomic E-state index is 11.7. The minimum Gasteiger partial charge on any atom is -0.394 e. The summed E-state index contributed by atoms with van der Waals surface area (Å²) in [4.78, 5) is 16.4. The van der Waals surface area contributed by atoms with E-state index in [2.05, 4.69) is 10.3 Å². The monoisotopic (exact) mass is 228 g/mol. The molecule has 0 aliphatic carbocycles. The molecule has 1 amide bonds. The number of hydrogen-bond donors (Lipinski definition) is 2. The lowest BCUT2D eigenvalue weighted by Gasteiger charge is -2.19. The molecule has 1 atom stereocenters. The van der Waals surface area contributed by atoms with Gasteiger partial charge in [0.2, 0.25) is 0 Å². The fraction of sp³-hybridized carbons (Fsp3) is 0.600. The van der Waals surface area contributed by atoms with Crippen molar-refractivity contribution < 1.29 is 9.90 Å². The average molecular weight is 228 g/mol. The Morgan fingerprint density at radius 1 is 1.67 bits per heavy atom. The van der Waals surface area contributed by atoms with Crippen LogP contribution in [-0.4, -0.2) is 28.6 Å². The van der Waals surface area contributed by atoms with Gasteiger partial charge in [-0.2, -0.15) is 0 Å². The zero-order chi connectivity index (χ0) is 11.4. The summed E-state index contributed by atoms with van der Waals surface area (Å²) in [5, 5.41) is 11.9. The molecule has 1 aromatic heterocycles. The zero-order valence-corrected chi connectivity index (χ0v) is 9.97. The summed E-state index contributed by atoms with van der Waals surface area (Å²) in [6.45, 7) is 5.68. The van der Waals surface area contributed by atoms with Gasteiger partial charge in [0, 0.05) is 0 Å². The summed E-state index contributed by atoms with van der Waals surface area (Å²) in [5.41, 5.74) is 2.38. The van der Waals surface area contributed by atoms with Gasteiger partial charge >= 0.3 is 0 Å². The van der Waals surface area contributed by atoms with Gasteiger partial charge in [0.15, 0.2) is 0 Å². The smallest absolute Gasteiger partial charge is 0.263 e. The first-order valence-corrected chi connectivity index (χ1v) is 5.76. The molecule has 0 fully saturated rings. The van der Waals surface area contributed by atoms with Gasteiger partial charge < -0.3 is 10.4 Å². The molecule has 0 saturated heterocycles. The Bertz CT molecular complexity index is 336. The van der Waals surface area contributed by atoms with E-state index in [1.165, 1.54) is 11.3 Å². The molecule has 1 heterocycles. The van der Waals surface area contributed by atoms with Crippen LogP contribution in [0.3, 0.4) is 0 Å². The van der Waals surface area contributed by atoms with Crippen molar-refractivity contribution in [2.24, 2.45) is 5.92 Å². The first kappa shape index (κ1) is 12.1. The Kier molecular flexibility index (Phi) is 4.23. The third-order valence-corrected chi connectivity index (χ3v) is 3.20. The maximum Gasteiger partial charge on any atom is 0.263 e. The van der Waals surface area contributed by atoms with Crippen molar-refractivity contribution in [2.45, 2.75) is 26.8 Å². The summed E-state index contributed by atoms with van der Waals surface area (Å²) in [6.07, 6.45) is 0. The zero-order valence-electron chi connectivity index (χ0n) is 9.15. The highest BCUT2D eigenvalue weighted by Crippen LogP contribution is 2.12. The molecule has 2 N–H and O–H groups in total.